The van der Waals surface area contributed by atoms with Gasteiger partial charge in [0.25, 0.3) is 10.1 Å². The zero-order valence-corrected chi connectivity index (χ0v) is 9.68. The highest BCUT2D eigenvalue weighted by molar-refractivity contribution is 7.86. The summed E-state index contributed by atoms with van der Waals surface area (Å²) < 4.78 is 35.3. The molecule has 1 unspecified atom stereocenters. The van der Waals surface area contributed by atoms with Crippen LogP contribution in [0.2, 0.25) is 19.6 Å². The summed E-state index contributed by atoms with van der Waals surface area (Å²) in [6.07, 6.45) is 0.281. The van der Waals surface area contributed by atoms with E-state index in [1.807, 2.05) is 19.6 Å². The minimum absolute atomic E-state index is 0.281. The summed E-state index contributed by atoms with van der Waals surface area (Å²) >= 11 is 0. The van der Waals surface area contributed by atoms with Gasteiger partial charge in [0.1, 0.15) is 0 Å². The molecule has 0 saturated heterocycles. The quantitative estimate of drug-likeness (QED) is 0.566. The van der Waals surface area contributed by atoms with E-state index in [4.69, 9.17) is 8.98 Å². The average molecular weight is 212 g/mol. The van der Waals surface area contributed by atoms with E-state index >= 15 is 0 Å². The van der Waals surface area contributed by atoms with Gasteiger partial charge in [0.05, 0.1) is 0 Å². The van der Waals surface area contributed by atoms with Crippen molar-refractivity contribution in [1.82, 2.24) is 0 Å². The lowest BCUT2D eigenvalue weighted by atomic mass is 10.5. The molecule has 0 aliphatic heterocycles. The van der Waals surface area contributed by atoms with Crippen molar-refractivity contribution < 1.29 is 17.4 Å². The first kappa shape index (κ1) is 12.1. The first-order valence-electron chi connectivity index (χ1n) is 3.81. The highest BCUT2D eigenvalue weighted by atomic mass is 32.2. The van der Waals surface area contributed by atoms with Gasteiger partial charge in [-0.1, -0.05) is 6.92 Å². The van der Waals surface area contributed by atoms with Crippen molar-refractivity contribution in [2.75, 3.05) is 0 Å². The molecule has 0 aromatic heterocycles. The minimum atomic E-state index is -4.04. The van der Waals surface area contributed by atoms with Gasteiger partial charge in [-0.25, -0.2) is 0 Å². The van der Waals surface area contributed by atoms with E-state index in [0.717, 1.165) is 0 Å². The molecule has 74 valence electrons. The van der Waals surface area contributed by atoms with Crippen LogP contribution in [-0.4, -0.2) is 26.7 Å². The first-order valence-corrected chi connectivity index (χ1v) is 8.72. The monoisotopic (exact) mass is 212 g/mol. The summed E-state index contributed by atoms with van der Waals surface area (Å²) in [6.45, 7) is 7.29. The Bertz CT molecular complexity index is 228. The summed E-state index contributed by atoms with van der Waals surface area (Å²) in [4.78, 5) is 0. The molecule has 0 aliphatic carbocycles. The van der Waals surface area contributed by atoms with Crippen molar-refractivity contribution in [3.8, 4) is 0 Å². The molecule has 0 amide bonds. The van der Waals surface area contributed by atoms with Gasteiger partial charge in [-0.2, -0.15) is 8.42 Å². The molecule has 0 aromatic rings. The Morgan fingerprint density at radius 1 is 1.42 bits per heavy atom. The molecule has 1 N–H and O–H groups in total. The van der Waals surface area contributed by atoms with Crippen molar-refractivity contribution in [3.63, 3.8) is 0 Å². The average Bonchev–Trinajstić information content (AvgIpc) is 1.78. The lowest BCUT2D eigenvalue weighted by molar-refractivity contribution is 0.246. The Hall–Kier alpha value is 0.0869. The highest BCUT2D eigenvalue weighted by Gasteiger charge is 2.28. The third kappa shape index (κ3) is 4.86. The second kappa shape index (κ2) is 3.86. The van der Waals surface area contributed by atoms with Gasteiger partial charge in [0.2, 0.25) is 0 Å². The molecule has 0 spiro atoms. The van der Waals surface area contributed by atoms with Crippen molar-refractivity contribution in [2.45, 2.75) is 38.4 Å². The molecule has 0 radical (unpaired) electrons. The van der Waals surface area contributed by atoms with E-state index in [1.54, 1.807) is 6.92 Å². The smallest absolute Gasteiger partial charge is 0.291 e. The molecule has 12 heavy (non-hydrogen) atoms. The van der Waals surface area contributed by atoms with Gasteiger partial charge in [0, 0.05) is 0 Å². The molecule has 0 bridgehead atoms. The molecular formula is C6H16O4SSi. The summed E-state index contributed by atoms with van der Waals surface area (Å²) in [7, 11) is -5.93. The number of hydrogen-bond acceptors (Lipinski definition) is 3. The van der Waals surface area contributed by atoms with Crippen molar-refractivity contribution in [1.29, 1.82) is 0 Å². The second-order valence-electron chi connectivity index (χ2n) is 3.58. The van der Waals surface area contributed by atoms with Crippen molar-refractivity contribution >= 4 is 18.4 Å². The Kier molecular flexibility index (Phi) is 3.89. The molecule has 0 rings (SSSR count). The van der Waals surface area contributed by atoms with E-state index < -0.39 is 23.9 Å². The van der Waals surface area contributed by atoms with Crippen LogP contribution in [0, 0.1) is 0 Å². The van der Waals surface area contributed by atoms with Crippen LogP contribution >= 0.6 is 0 Å². The van der Waals surface area contributed by atoms with Crippen LogP contribution < -0.4 is 0 Å². The zero-order chi connectivity index (χ0) is 9.99. The summed E-state index contributed by atoms with van der Waals surface area (Å²) in [5.41, 5.74) is -1.05. The van der Waals surface area contributed by atoms with E-state index in [1.165, 1.54) is 0 Å². The first-order chi connectivity index (χ1) is 5.17. The maximum absolute atomic E-state index is 10.7. The lowest BCUT2D eigenvalue weighted by Crippen LogP contribution is -2.36. The molecule has 0 aliphatic rings. The van der Waals surface area contributed by atoms with Crippen LogP contribution in [0.5, 0.6) is 0 Å². The lowest BCUT2D eigenvalue weighted by Gasteiger charge is -2.22. The van der Waals surface area contributed by atoms with Crippen LogP contribution in [0.25, 0.3) is 0 Å². The summed E-state index contributed by atoms with van der Waals surface area (Å²) in [5.74, 6) is 0. The van der Waals surface area contributed by atoms with Gasteiger partial charge < -0.3 is 4.43 Å². The van der Waals surface area contributed by atoms with Gasteiger partial charge in [-0.15, -0.1) is 0 Å². The molecule has 0 heterocycles. The van der Waals surface area contributed by atoms with E-state index in [0.29, 0.717) is 0 Å². The summed E-state index contributed by atoms with van der Waals surface area (Å²) in [5, 5.41) is 0. The van der Waals surface area contributed by atoms with E-state index in [9.17, 15) is 8.42 Å². The van der Waals surface area contributed by atoms with Crippen molar-refractivity contribution in [2.24, 2.45) is 0 Å². The standard InChI is InChI=1S/C6H16O4SSi/c1-5-6(11(7,8)9)10-12(2,3)4/h6H,5H2,1-4H3,(H,7,8,9). The van der Waals surface area contributed by atoms with Crippen LogP contribution in [-0.2, 0) is 14.5 Å². The van der Waals surface area contributed by atoms with Crippen LogP contribution in [0.4, 0.5) is 0 Å². The SMILES string of the molecule is CCC(O[Si](C)(C)C)S(=O)(=O)O. The molecule has 4 nitrogen and oxygen atoms in total. The molecule has 0 fully saturated rings. The largest absolute Gasteiger partial charge is 0.400 e. The molecule has 6 heteroatoms. The number of rotatable bonds is 4. The van der Waals surface area contributed by atoms with Crippen LogP contribution in [0.3, 0.4) is 0 Å². The fraction of sp³-hybridized carbons (Fsp3) is 1.00. The Labute approximate surface area is 74.8 Å². The fourth-order valence-electron chi connectivity index (χ4n) is 0.749. The molecule has 1 atom stereocenters. The van der Waals surface area contributed by atoms with Gasteiger partial charge >= 0.3 is 0 Å². The molecular weight excluding hydrogens is 196 g/mol. The van der Waals surface area contributed by atoms with Gasteiger partial charge in [-0.05, 0) is 26.1 Å². The minimum Gasteiger partial charge on any atom is -0.400 e. The zero-order valence-electron chi connectivity index (χ0n) is 7.86. The number of hydrogen-bond donors (Lipinski definition) is 1. The van der Waals surface area contributed by atoms with E-state index in [-0.39, 0.29) is 6.42 Å². The Morgan fingerprint density at radius 2 is 1.83 bits per heavy atom. The highest BCUT2D eigenvalue weighted by Crippen LogP contribution is 2.13. The van der Waals surface area contributed by atoms with Crippen LogP contribution in [0.1, 0.15) is 13.3 Å². The Balaban J connectivity index is 4.41. The van der Waals surface area contributed by atoms with E-state index in [2.05, 4.69) is 0 Å². The maximum atomic E-state index is 10.7. The predicted octanol–water partition coefficient (Wildman–Crippen LogP) is 1.46. The second-order valence-corrected chi connectivity index (χ2v) is 9.60. The fourth-order valence-corrected chi connectivity index (χ4v) is 3.48. The van der Waals surface area contributed by atoms with Gasteiger partial charge in [-0.3, -0.25) is 4.55 Å². The maximum Gasteiger partial charge on any atom is 0.291 e. The predicted molar refractivity (Wildman–Crippen MR) is 50.1 cm³/mol. The van der Waals surface area contributed by atoms with Gasteiger partial charge in [0.15, 0.2) is 13.8 Å². The third-order valence-electron chi connectivity index (χ3n) is 1.15. The topological polar surface area (TPSA) is 63.6 Å². The molecule has 0 aromatic carbocycles. The molecule has 0 saturated carbocycles. The normalized spacial score (nSPS) is 16.1. The third-order valence-corrected chi connectivity index (χ3v) is 3.41. The van der Waals surface area contributed by atoms with Crippen molar-refractivity contribution in [3.05, 3.63) is 0 Å². The Morgan fingerprint density at radius 3 is 1.92 bits per heavy atom. The van der Waals surface area contributed by atoms with Crippen LogP contribution in [0.15, 0.2) is 0 Å². The summed E-state index contributed by atoms with van der Waals surface area (Å²) in [6, 6.07) is 0.